The Hall–Kier alpha value is -1.06. The van der Waals surface area contributed by atoms with Crippen LogP contribution in [0.1, 0.15) is 59.3 Å². The number of carbonyl (C=O) groups is 2. The molecule has 1 aliphatic carbocycles. The van der Waals surface area contributed by atoms with Crippen molar-refractivity contribution in [2.45, 2.75) is 65.3 Å². The molecule has 2 fully saturated rings. The van der Waals surface area contributed by atoms with E-state index < -0.39 is 5.97 Å². The Morgan fingerprint density at radius 2 is 1.85 bits per heavy atom. The first-order valence-corrected chi connectivity index (χ1v) is 7.83. The summed E-state index contributed by atoms with van der Waals surface area (Å²) in [5.74, 6) is -0.865. The van der Waals surface area contributed by atoms with Crippen molar-refractivity contribution in [3.8, 4) is 0 Å². The van der Waals surface area contributed by atoms with Gasteiger partial charge in [-0.15, -0.1) is 0 Å². The van der Waals surface area contributed by atoms with E-state index in [-0.39, 0.29) is 29.2 Å². The van der Waals surface area contributed by atoms with Crippen LogP contribution in [-0.4, -0.2) is 34.5 Å². The van der Waals surface area contributed by atoms with Crippen molar-refractivity contribution in [2.75, 3.05) is 6.54 Å². The molecule has 0 aromatic carbocycles. The van der Waals surface area contributed by atoms with Crippen molar-refractivity contribution in [1.29, 1.82) is 0 Å². The Bertz CT molecular complexity index is 391. The summed E-state index contributed by atoms with van der Waals surface area (Å²) in [6.07, 6.45) is 5.68. The van der Waals surface area contributed by atoms with Crippen molar-refractivity contribution < 1.29 is 14.7 Å². The van der Waals surface area contributed by atoms with Gasteiger partial charge in [0.25, 0.3) is 0 Å². The minimum absolute atomic E-state index is 0.0914. The van der Waals surface area contributed by atoms with Crippen LogP contribution < -0.4 is 0 Å². The van der Waals surface area contributed by atoms with Gasteiger partial charge in [0, 0.05) is 18.5 Å². The van der Waals surface area contributed by atoms with Gasteiger partial charge in [-0.1, -0.05) is 20.3 Å². The smallest absolute Gasteiger partial charge is 0.308 e. The summed E-state index contributed by atoms with van der Waals surface area (Å²) in [7, 11) is 0. The molecular weight excluding hydrogens is 254 g/mol. The quantitative estimate of drug-likeness (QED) is 0.846. The second kappa shape index (κ2) is 5.74. The SMILES string of the molecule is CC1CCC(C(=O)O)CN1C(=O)C1CCCC(C)(C)C1. The summed E-state index contributed by atoms with van der Waals surface area (Å²) >= 11 is 0. The predicted molar refractivity (Wildman–Crippen MR) is 77.3 cm³/mol. The number of aliphatic carboxylic acids is 1. The van der Waals surface area contributed by atoms with E-state index in [9.17, 15) is 14.7 Å². The van der Waals surface area contributed by atoms with Crippen molar-refractivity contribution in [3.63, 3.8) is 0 Å². The van der Waals surface area contributed by atoms with Crippen LogP contribution in [-0.2, 0) is 9.59 Å². The first kappa shape index (κ1) is 15.3. The molecule has 2 rings (SSSR count). The molecule has 0 aromatic rings. The lowest BCUT2D eigenvalue weighted by Crippen LogP contribution is -2.50. The molecule has 0 bridgehead atoms. The van der Waals surface area contributed by atoms with Crippen LogP contribution in [0.25, 0.3) is 0 Å². The van der Waals surface area contributed by atoms with Gasteiger partial charge in [0.2, 0.25) is 5.91 Å². The summed E-state index contributed by atoms with van der Waals surface area (Å²) in [5.41, 5.74) is 0.240. The highest BCUT2D eigenvalue weighted by molar-refractivity contribution is 5.80. The molecule has 4 heteroatoms. The fourth-order valence-corrected chi connectivity index (χ4v) is 3.76. The molecule has 2 aliphatic rings. The van der Waals surface area contributed by atoms with Gasteiger partial charge < -0.3 is 10.0 Å². The number of hydrogen-bond donors (Lipinski definition) is 1. The average molecular weight is 281 g/mol. The van der Waals surface area contributed by atoms with Gasteiger partial charge in [-0.25, -0.2) is 0 Å². The van der Waals surface area contributed by atoms with E-state index in [1.807, 2.05) is 11.8 Å². The Morgan fingerprint density at radius 1 is 1.15 bits per heavy atom. The van der Waals surface area contributed by atoms with E-state index in [1.165, 1.54) is 6.42 Å². The molecular formula is C16H27NO3. The molecule has 20 heavy (non-hydrogen) atoms. The lowest BCUT2D eigenvalue weighted by molar-refractivity contribution is -0.149. The van der Waals surface area contributed by atoms with Gasteiger partial charge in [-0.3, -0.25) is 9.59 Å². The molecule has 1 saturated carbocycles. The van der Waals surface area contributed by atoms with Crippen LogP contribution in [0.5, 0.6) is 0 Å². The number of nitrogens with zero attached hydrogens (tertiary/aromatic N) is 1. The third kappa shape index (κ3) is 3.33. The molecule has 0 aromatic heterocycles. The van der Waals surface area contributed by atoms with Crippen molar-refractivity contribution in [1.82, 2.24) is 4.90 Å². The number of rotatable bonds is 2. The number of piperidine rings is 1. The van der Waals surface area contributed by atoms with Gasteiger partial charge in [0.15, 0.2) is 0 Å². The molecule has 0 radical (unpaired) electrons. The van der Waals surface area contributed by atoms with Crippen LogP contribution in [0, 0.1) is 17.3 Å². The fraction of sp³-hybridized carbons (Fsp3) is 0.875. The molecule has 1 N–H and O–H groups in total. The summed E-state index contributed by atoms with van der Waals surface area (Å²) in [6.45, 7) is 6.90. The van der Waals surface area contributed by atoms with E-state index in [1.54, 1.807) is 0 Å². The number of amides is 1. The lowest BCUT2D eigenvalue weighted by Gasteiger charge is -2.41. The maximum absolute atomic E-state index is 12.8. The molecule has 1 saturated heterocycles. The van der Waals surface area contributed by atoms with Crippen LogP contribution in [0.15, 0.2) is 0 Å². The Labute approximate surface area is 121 Å². The molecule has 1 heterocycles. The molecule has 0 spiro atoms. The van der Waals surface area contributed by atoms with Gasteiger partial charge in [0.05, 0.1) is 5.92 Å². The second-order valence-corrected chi connectivity index (χ2v) is 7.41. The van der Waals surface area contributed by atoms with Gasteiger partial charge in [-0.05, 0) is 44.4 Å². The molecule has 3 atom stereocenters. The minimum Gasteiger partial charge on any atom is -0.481 e. The van der Waals surface area contributed by atoms with Crippen LogP contribution in [0.3, 0.4) is 0 Å². The first-order valence-electron chi connectivity index (χ1n) is 7.83. The number of likely N-dealkylation sites (tertiary alicyclic amines) is 1. The highest BCUT2D eigenvalue weighted by atomic mass is 16.4. The van der Waals surface area contributed by atoms with E-state index in [0.717, 1.165) is 25.7 Å². The number of carboxylic acid groups (broad SMARTS) is 1. The lowest BCUT2D eigenvalue weighted by atomic mass is 9.71. The van der Waals surface area contributed by atoms with Crippen LogP contribution in [0.4, 0.5) is 0 Å². The van der Waals surface area contributed by atoms with Crippen molar-refractivity contribution in [3.05, 3.63) is 0 Å². The van der Waals surface area contributed by atoms with Gasteiger partial charge in [0.1, 0.15) is 0 Å². The van der Waals surface area contributed by atoms with E-state index in [4.69, 9.17) is 0 Å². The number of hydrogen-bond acceptors (Lipinski definition) is 2. The largest absolute Gasteiger partial charge is 0.481 e. The van der Waals surface area contributed by atoms with Crippen LogP contribution >= 0.6 is 0 Å². The van der Waals surface area contributed by atoms with Crippen molar-refractivity contribution >= 4 is 11.9 Å². The molecule has 3 unspecified atom stereocenters. The molecule has 4 nitrogen and oxygen atoms in total. The summed E-state index contributed by atoms with van der Waals surface area (Å²) in [5, 5.41) is 9.18. The standard InChI is InChI=1S/C16H27NO3/c1-11-6-7-13(15(19)20)10-17(11)14(18)12-5-4-8-16(2,3)9-12/h11-13H,4-10H2,1-3H3,(H,19,20). The van der Waals surface area contributed by atoms with Gasteiger partial charge in [-0.2, -0.15) is 0 Å². The van der Waals surface area contributed by atoms with E-state index >= 15 is 0 Å². The number of carbonyl (C=O) groups excluding carboxylic acids is 1. The van der Waals surface area contributed by atoms with E-state index in [2.05, 4.69) is 13.8 Å². The average Bonchev–Trinajstić information content (AvgIpc) is 2.37. The zero-order valence-corrected chi connectivity index (χ0v) is 12.9. The minimum atomic E-state index is -0.765. The molecule has 1 aliphatic heterocycles. The zero-order chi connectivity index (χ0) is 14.9. The number of carboxylic acids is 1. The second-order valence-electron chi connectivity index (χ2n) is 7.41. The summed E-state index contributed by atoms with van der Waals surface area (Å²) in [4.78, 5) is 25.8. The Morgan fingerprint density at radius 3 is 2.45 bits per heavy atom. The van der Waals surface area contributed by atoms with Crippen LogP contribution in [0.2, 0.25) is 0 Å². The topological polar surface area (TPSA) is 57.6 Å². The highest BCUT2D eigenvalue weighted by Gasteiger charge is 2.38. The Balaban J connectivity index is 2.04. The third-order valence-electron chi connectivity index (χ3n) is 5.07. The van der Waals surface area contributed by atoms with Gasteiger partial charge >= 0.3 is 5.97 Å². The third-order valence-corrected chi connectivity index (χ3v) is 5.07. The normalized spacial score (nSPS) is 33.8. The summed E-state index contributed by atoms with van der Waals surface area (Å²) in [6, 6.07) is 0.183. The Kier molecular flexibility index (Phi) is 4.40. The predicted octanol–water partition coefficient (Wildman–Crippen LogP) is 2.91. The van der Waals surface area contributed by atoms with E-state index in [0.29, 0.717) is 13.0 Å². The molecule has 114 valence electrons. The zero-order valence-electron chi connectivity index (χ0n) is 12.9. The van der Waals surface area contributed by atoms with Crippen molar-refractivity contribution in [2.24, 2.45) is 17.3 Å². The highest BCUT2D eigenvalue weighted by Crippen LogP contribution is 2.40. The monoisotopic (exact) mass is 281 g/mol. The maximum atomic E-state index is 12.8. The summed E-state index contributed by atoms with van der Waals surface area (Å²) < 4.78 is 0. The first-order chi connectivity index (χ1) is 9.30. The molecule has 1 amide bonds. The fourth-order valence-electron chi connectivity index (χ4n) is 3.76. The maximum Gasteiger partial charge on any atom is 0.308 e.